The fraction of sp³-hybridized carbons (Fsp3) is 0.0909. The number of rotatable bonds is 0. The molecule has 4 aromatic carbocycles. The van der Waals surface area contributed by atoms with Gasteiger partial charge in [0.05, 0.1) is 0 Å². The first-order chi connectivity index (χ1) is 11.2. The third-order valence-corrected chi connectivity index (χ3v) is 4.22. The number of para-hydroxylation sites is 1. The maximum absolute atomic E-state index is 8.63. The van der Waals surface area contributed by atoms with Gasteiger partial charge in [0, 0.05) is 0 Å². The van der Waals surface area contributed by atoms with Crippen molar-refractivity contribution in [2.45, 2.75) is 13.8 Å². The van der Waals surface area contributed by atoms with Gasteiger partial charge >= 0.3 is 0 Å². The van der Waals surface area contributed by atoms with Crippen molar-refractivity contribution in [1.29, 1.82) is 0 Å². The summed E-state index contributed by atoms with van der Waals surface area (Å²) >= 11 is 0. The lowest BCUT2D eigenvalue weighted by atomic mass is 9.96. The van der Waals surface area contributed by atoms with Crippen molar-refractivity contribution in [3.05, 3.63) is 90.0 Å². The number of aryl methyl sites for hydroxylation is 2. The average Bonchev–Trinajstić information content (AvgIpc) is 2.59. The molecule has 0 aliphatic rings. The Hall–Kier alpha value is -2.80. The minimum absolute atomic E-state index is 0.322. The summed E-state index contributed by atoms with van der Waals surface area (Å²) in [5.74, 6) is 0.322. The Morgan fingerprint density at radius 3 is 1.91 bits per heavy atom. The molecule has 0 spiro atoms. The molecule has 0 unspecified atom stereocenters. The molecule has 0 radical (unpaired) electrons. The molecule has 4 aromatic rings. The van der Waals surface area contributed by atoms with Crippen LogP contribution < -0.4 is 0 Å². The average molecular weight is 300 g/mol. The van der Waals surface area contributed by atoms with Crippen LogP contribution in [0.1, 0.15) is 11.1 Å². The lowest BCUT2D eigenvalue weighted by Gasteiger charge is -2.08. The number of phenols is 1. The summed E-state index contributed by atoms with van der Waals surface area (Å²) in [5.41, 5.74) is 2.76. The Bertz CT molecular complexity index is 940. The molecule has 0 heterocycles. The highest BCUT2D eigenvalue weighted by atomic mass is 16.3. The molecule has 0 saturated heterocycles. The minimum atomic E-state index is 0.322. The van der Waals surface area contributed by atoms with Crippen LogP contribution in [0, 0.1) is 13.8 Å². The number of hydrogen-bond donors (Lipinski definition) is 1. The molecule has 0 amide bonds. The Kier molecular flexibility index (Phi) is 4.29. The predicted molar refractivity (Wildman–Crippen MR) is 99.0 cm³/mol. The van der Waals surface area contributed by atoms with Crippen molar-refractivity contribution in [1.82, 2.24) is 0 Å². The molecule has 1 N–H and O–H groups in total. The van der Waals surface area contributed by atoms with Gasteiger partial charge in [0.25, 0.3) is 0 Å². The summed E-state index contributed by atoms with van der Waals surface area (Å²) in [6, 6.07) is 26.2. The van der Waals surface area contributed by atoms with E-state index in [2.05, 4.69) is 62.4 Å². The van der Waals surface area contributed by atoms with Crippen molar-refractivity contribution in [3.8, 4) is 5.75 Å². The molecule has 0 atom stereocenters. The second kappa shape index (κ2) is 6.53. The van der Waals surface area contributed by atoms with Crippen LogP contribution in [0.15, 0.2) is 78.9 Å². The van der Waals surface area contributed by atoms with Crippen molar-refractivity contribution in [3.63, 3.8) is 0 Å². The van der Waals surface area contributed by atoms with Crippen LogP contribution in [0.5, 0.6) is 5.75 Å². The molecule has 114 valence electrons. The van der Waals surface area contributed by atoms with E-state index < -0.39 is 0 Å². The summed E-state index contributed by atoms with van der Waals surface area (Å²) in [6.45, 7) is 4.37. The highest BCUT2D eigenvalue weighted by Crippen LogP contribution is 2.28. The van der Waals surface area contributed by atoms with Gasteiger partial charge in [0.15, 0.2) is 0 Å². The predicted octanol–water partition coefficient (Wildman–Crippen LogP) is 6.00. The largest absolute Gasteiger partial charge is 0.508 e. The molecule has 0 aromatic heterocycles. The first kappa shape index (κ1) is 15.1. The van der Waals surface area contributed by atoms with Crippen LogP contribution in [-0.2, 0) is 0 Å². The second-order valence-electron chi connectivity index (χ2n) is 5.72. The maximum Gasteiger partial charge on any atom is 0.115 e. The van der Waals surface area contributed by atoms with Crippen LogP contribution >= 0.6 is 0 Å². The van der Waals surface area contributed by atoms with Crippen LogP contribution in [0.4, 0.5) is 0 Å². The van der Waals surface area contributed by atoms with Gasteiger partial charge in [-0.15, -0.1) is 0 Å². The van der Waals surface area contributed by atoms with Crippen LogP contribution in [-0.4, -0.2) is 5.11 Å². The quantitative estimate of drug-likeness (QED) is 0.395. The van der Waals surface area contributed by atoms with E-state index in [0.29, 0.717) is 5.75 Å². The van der Waals surface area contributed by atoms with E-state index >= 15 is 0 Å². The minimum Gasteiger partial charge on any atom is -0.508 e. The summed E-state index contributed by atoms with van der Waals surface area (Å²) in [6.07, 6.45) is 0. The lowest BCUT2D eigenvalue weighted by Crippen LogP contribution is -1.84. The smallest absolute Gasteiger partial charge is 0.115 e. The monoisotopic (exact) mass is 300 g/mol. The van der Waals surface area contributed by atoms with E-state index in [1.54, 1.807) is 24.3 Å². The number of hydrogen-bond acceptors (Lipinski definition) is 1. The molecule has 0 aliphatic heterocycles. The fourth-order valence-electron chi connectivity index (χ4n) is 2.78. The van der Waals surface area contributed by atoms with E-state index in [4.69, 9.17) is 5.11 Å². The molecule has 0 aliphatic carbocycles. The first-order valence-electron chi connectivity index (χ1n) is 7.78. The Morgan fingerprint density at radius 1 is 0.565 bits per heavy atom. The van der Waals surface area contributed by atoms with Crippen molar-refractivity contribution < 1.29 is 5.11 Å². The van der Waals surface area contributed by atoms with E-state index in [-0.39, 0.29) is 0 Å². The molecular weight excluding hydrogens is 280 g/mol. The van der Waals surface area contributed by atoms with Gasteiger partial charge in [0.1, 0.15) is 5.75 Å². The van der Waals surface area contributed by atoms with Crippen LogP contribution in [0.2, 0.25) is 0 Å². The van der Waals surface area contributed by atoms with Gasteiger partial charge in [-0.05, 0) is 58.7 Å². The summed E-state index contributed by atoms with van der Waals surface area (Å²) < 4.78 is 0. The Morgan fingerprint density at radius 2 is 1.22 bits per heavy atom. The van der Waals surface area contributed by atoms with E-state index in [1.165, 1.54) is 32.7 Å². The number of benzene rings is 4. The van der Waals surface area contributed by atoms with Gasteiger partial charge in [-0.25, -0.2) is 0 Å². The molecule has 23 heavy (non-hydrogen) atoms. The zero-order valence-electron chi connectivity index (χ0n) is 13.5. The molecule has 1 nitrogen and oxygen atoms in total. The topological polar surface area (TPSA) is 20.2 Å². The molecule has 0 saturated carbocycles. The molecule has 4 rings (SSSR count). The van der Waals surface area contributed by atoms with Crippen molar-refractivity contribution in [2.75, 3.05) is 0 Å². The van der Waals surface area contributed by atoms with Gasteiger partial charge in [-0.3, -0.25) is 0 Å². The van der Waals surface area contributed by atoms with E-state index in [1.807, 2.05) is 6.07 Å². The highest BCUT2D eigenvalue weighted by Gasteiger charge is 2.03. The molecule has 1 heteroatoms. The van der Waals surface area contributed by atoms with Crippen molar-refractivity contribution >= 4 is 21.5 Å². The standard InChI is InChI=1S/C16H14.C6H6O/c1-11-7-9-16-14(12(11)2)10-8-13-5-3-4-6-15(13)16;7-6-4-2-1-3-5-6/h3-10H,1-2H3;1-5,7H. The van der Waals surface area contributed by atoms with Crippen LogP contribution in [0.3, 0.4) is 0 Å². The summed E-state index contributed by atoms with van der Waals surface area (Å²) in [7, 11) is 0. The number of phenolic OH excluding ortho intramolecular Hbond substituents is 1. The third kappa shape index (κ3) is 3.19. The fourth-order valence-corrected chi connectivity index (χ4v) is 2.78. The molecule has 0 bridgehead atoms. The van der Waals surface area contributed by atoms with Crippen molar-refractivity contribution in [2.24, 2.45) is 0 Å². The van der Waals surface area contributed by atoms with Gasteiger partial charge in [-0.1, -0.05) is 66.7 Å². The molecular formula is C22H20O. The van der Waals surface area contributed by atoms with Gasteiger partial charge < -0.3 is 5.11 Å². The summed E-state index contributed by atoms with van der Waals surface area (Å²) in [4.78, 5) is 0. The SMILES string of the molecule is Cc1ccc2c(ccc3ccccc32)c1C.Oc1ccccc1. The Labute approximate surface area is 136 Å². The maximum atomic E-state index is 8.63. The summed E-state index contributed by atoms with van der Waals surface area (Å²) in [5, 5.41) is 14.0. The lowest BCUT2D eigenvalue weighted by molar-refractivity contribution is 0.475. The number of fused-ring (bicyclic) bond motifs is 3. The second-order valence-corrected chi connectivity index (χ2v) is 5.72. The number of aromatic hydroxyl groups is 1. The van der Waals surface area contributed by atoms with Crippen LogP contribution in [0.25, 0.3) is 21.5 Å². The van der Waals surface area contributed by atoms with E-state index in [9.17, 15) is 0 Å². The zero-order valence-corrected chi connectivity index (χ0v) is 13.5. The van der Waals surface area contributed by atoms with Gasteiger partial charge in [0.2, 0.25) is 0 Å². The zero-order chi connectivity index (χ0) is 16.2. The normalized spacial score (nSPS) is 10.3. The Balaban J connectivity index is 0.000000188. The molecule has 0 fully saturated rings. The van der Waals surface area contributed by atoms with E-state index in [0.717, 1.165) is 0 Å². The first-order valence-corrected chi connectivity index (χ1v) is 7.78. The third-order valence-electron chi connectivity index (χ3n) is 4.22. The highest BCUT2D eigenvalue weighted by molar-refractivity contribution is 6.08. The van der Waals surface area contributed by atoms with Gasteiger partial charge in [-0.2, -0.15) is 0 Å².